The SMILES string of the molecule is COc1cc2c(cc1OC)CCN(CC(=O)NCC(F)(F)F)CC2. The molecule has 1 amide bonds. The first-order valence-electron chi connectivity index (χ1n) is 7.62. The van der Waals surface area contributed by atoms with Gasteiger partial charge in [-0.05, 0) is 36.1 Å². The molecule has 5 nitrogen and oxygen atoms in total. The summed E-state index contributed by atoms with van der Waals surface area (Å²) in [6, 6.07) is 3.84. The van der Waals surface area contributed by atoms with Gasteiger partial charge in [-0.2, -0.15) is 13.2 Å². The van der Waals surface area contributed by atoms with E-state index in [0.29, 0.717) is 37.4 Å². The Morgan fingerprint density at radius 3 is 2.04 bits per heavy atom. The molecule has 0 atom stereocenters. The molecule has 24 heavy (non-hydrogen) atoms. The Balaban J connectivity index is 1.96. The van der Waals surface area contributed by atoms with Crippen molar-refractivity contribution in [2.24, 2.45) is 0 Å². The van der Waals surface area contributed by atoms with Gasteiger partial charge in [0.1, 0.15) is 6.54 Å². The Labute approximate surface area is 138 Å². The second-order valence-electron chi connectivity index (χ2n) is 5.64. The van der Waals surface area contributed by atoms with Gasteiger partial charge < -0.3 is 14.8 Å². The largest absolute Gasteiger partial charge is 0.493 e. The zero-order valence-corrected chi connectivity index (χ0v) is 13.7. The van der Waals surface area contributed by atoms with E-state index in [0.717, 1.165) is 11.1 Å². The van der Waals surface area contributed by atoms with Crippen LogP contribution >= 0.6 is 0 Å². The number of halogens is 3. The Hall–Kier alpha value is -1.96. The molecule has 1 aromatic rings. The number of amides is 1. The van der Waals surface area contributed by atoms with Gasteiger partial charge in [-0.15, -0.1) is 0 Å². The van der Waals surface area contributed by atoms with Gasteiger partial charge in [-0.25, -0.2) is 0 Å². The van der Waals surface area contributed by atoms with Crippen molar-refractivity contribution in [3.63, 3.8) is 0 Å². The van der Waals surface area contributed by atoms with Crippen LogP contribution in [0, 0.1) is 0 Å². The minimum atomic E-state index is -4.39. The second-order valence-corrected chi connectivity index (χ2v) is 5.64. The van der Waals surface area contributed by atoms with Crippen LogP contribution in [0.1, 0.15) is 11.1 Å². The van der Waals surface area contributed by atoms with Gasteiger partial charge in [0.05, 0.1) is 20.8 Å². The molecule has 1 heterocycles. The minimum absolute atomic E-state index is 0.0433. The highest BCUT2D eigenvalue weighted by Crippen LogP contribution is 2.32. The van der Waals surface area contributed by atoms with Crippen LogP contribution in [0.15, 0.2) is 12.1 Å². The number of fused-ring (bicyclic) bond motifs is 1. The maximum absolute atomic E-state index is 12.1. The first-order chi connectivity index (χ1) is 11.3. The van der Waals surface area contributed by atoms with E-state index in [1.165, 1.54) is 0 Å². The van der Waals surface area contributed by atoms with Gasteiger partial charge in [0.15, 0.2) is 11.5 Å². The van der Waals surface area contributed by atoms with Crippen LogP contribution in [-0.2, 0) is 17.6 Å². The molecule has 0 unspecified atom stereocenters. The van der Waals surface area contributed by atoms with Crippen LogP contribution in [0.3, 0.4) is 0 Å². The van der Waals surface area contributed by atoms with Gasteiger partial charge in [0.25, 0.3) is 0 Å². The average Bonchev–Trinajstić information content (AvgIpc) is 2.73. The van der Waals surface area contributed by atoms with E-state index in [-0.39, 0.29) is 6.54 Å². The van der Waals surface area contributed by atoms with Crippen LogP contribution in [0.4, 0.5) is 13.2 Å². The summed E-state index contributed by atoms with van der Waals surface area (Å²) in [6.07, 6.45) is -3.00. The smallest absolute Gasteiger partial charge is 0.405 e. The second kappa shape index (κ2) is 7.74. The van der Waals surface area contributed by atoms with Crippen LogP contribution in [-0.4, -0.2) is 57.4 Å². The van der Waals surface area contributed by atoms with Crippen LogP contribution in [0.5, 0.6) is 11.5 Å². The fraction of sp³-hybridized carbons (Fsp3) is 0.562. The summed E-state index contributed by atoms with van der Waals surface area (Å²) in [6.45, 7) is -0.142. The van der Waals surface area contributed by atoms with Crippen molar-refractivity contribution in [1.29, 1.82) is 0 Å². The fourth-order valence-corrected chi connectivity index (χ4v) is 2.71. The highest BCUT2D eigenvalue weighted by atomic mass is 19.4. The van der Waals surface area contributed by atoms with E-state index in [1.807, 2.05) is 22.3 Å². The number of benzene rings is 1. The van der Waals surface area contributed by atoms with Crippen molar-refractivity contribution in [2.45, 2.75) is 19.0 Å². The van der Waals surface area contributed by atoms with Gasteiger partial charge in [0, 0.05) is 13.1 Å². The number of hydrogen-bond donors (Lipinski definition) is 1. The first kappa shape index (κ1) is 18.4. The predicted molar refractivity (Wildman–Crippen MR) is 82.5 cm³/mol. The van der Waals surface area contributed by atoms with E-state index in [1.54, 1.807) is 14.2 Å². The van der Waals surface area contributed by atoms with Crippen LogP contribution in [0.2, 0.25) is 0 Å². The molecule has 134 valence electrons. The Bertz CT molecular complexity index is 556. The van der Waals surface area contributed by atoms with E-state index in [2.05, 4.69) is 0 Å². The zero-order valence-electron chi connectivity index (χ0n) is 13.7. The molecule has 0 fully saturated rings. The molecule has 0 bridgehead atoms. The third-order valence-corrected chi connectivity index (χ3v) is 3.95. The summed E-state index contributed by atoms with van der Waals surface area (Å²) in [5.41, 5.74) is 2.21. The summed E-state index contributed by atoms with van der Waals surface area (Å²) < 4.78 is 47.0. The average molecular weight is 346 g/mol. The van der Waals surface area contributed by atoms with Gasteiger partial charge in [-0.3, -0.25) is 9.69 Å². The Kier molecular flexibility index (Phi) is 5.93. The molecule has 0 radical (unpaired) electrons. The lowest BCUT2D eigenvalue weighted by molar-refractivity contribution is -0.139. The van der Waals surface area contributed by atoms with Crippen molar-refractivity contribution in [1.82, 2.24) is 10.2 Å². The van der Waals surface area contributed by atoms with E-state index in [9.17, 15) is 18.0 Å². The lowest BCUT2D eigenvalue weighted by Gasteiger charge is -2.19. The van der Waals surface area contributed by atoms with Gasteiger partial charge >= 0.3 is 6.18 Å². The number of ether oxygens (including phenoxy) is 2. The molecular formula is C16H21F3N2O3. The lowest BCUT2D eigenvalue weighted by Crippen LogP contribution is -2.41. The van der Waals surface area contributed by atoms with Crippen molar-refractivity contribution in [2.75, 3.05) is 40.4 Å². The van der Waals surface area contributed by atoms with Crippen molar-refractivity contribution in [3.8, 4) is 11.5 Å². The predicted octanol–water partition coefficient (Wildman–Crippen LogP) is 1.78. The number of nitrogens with zero attached hydrogens (tertiary/aromatic N) is 1. The summed E-state index contributed by atoms with van der Waals surface area (Å²) in [5, 5.41) is 1.90. The molecule has 0 aliphatic carbocycles. The third kappa shape index (κ3) is 5.02. The van der Waals surface area contributed by atoms with Crippen LogP contribution < -0.4 is 14.8 Å². The molecule has 2 rings (SSSR count). The number of rotatable bonds is 5. The molecule has 0 saturated carbocycles. The van der Waals surface area contributed by atoms with E-state index >= 15 is 0 Å². The number of carbonyl (C=O) groups is 1. The molecular weight excluding hydrogens is 325 g/mol. The number of nitrogens with one attached hydrogen (secondary N) is 1. The van der Waals surface area contributed by atoms with Crippen molar-refractivity contribution in [3.05, 3.63) is 23.3 Å². The lowest BCUT2D eigenvalue weighted by atomic mass is 10.0. The quantitative estimate of drug-likeness (QED) is 0.883. The molecule has 0 spiro atoms. The molecule has 1 aliphatic rings. The number of alkyl halides is 3. The van der Waals surface area contributed by atoms with E-state index in [4.69, 9.17) is 9.47 Å². The molecule has 8 heteroatoms. The van der Waals surface area contributed by atoms with E-state index < -0.39 is 18.6 Å². The number of hydrogen-bond acceptors (Lipinski definition) is 4. The first-order valence-corrected chi connectivity index (χ1v) is 7.62. The fourth-order valence-electron chi connectivity index (χ4n) is 2.71. The van der Waals surface area contributed by atoms with Gasteiger partial charge in [0.2, 0.25) is 5.91 Å². The normalized spacial score (nSPS) is 15.4. The standard InChI is InChI=1S/C16H21F3N2O3/c1-23-13-7-11-3-5-21(6-4-12(11)8-14(13)24-2)9-15(22)20-10-16(17,18)19/h7-8H,3-6,9-10H2,1-2H3,(H,20,22). The highest BCUT2D eigenvalue weighted by Gasteiger charge is 2.28. The third-order valence-electron chi connectivity index (χ3n) is 3.95. The van der Waals surface area contributed by atoms with Crippen molar-refractivity contribution < 1.29 is 27.4 Å². The summed E-state index contributed by atoms with van der Waals surface area (Å²) in [7, 11) is 3.14. The van der Waals surface area contributed by atoms with Crippen LogP contribution in [0.25, 0.3) is 0 Å². The molecule has 0 aromatic heterocycles. The summed E-state index contributed by atoms with van der Waals surface area (Å²) in [5.74, 6) is 0.675. The maximum Gasteiger partial charge on any atom is 0.405 e. The van der Waals surface area contributed by atoms with Gasteiger partial charge in [-0.1, -0.05) is 0 Å². The Morgan fingerprint density at radius 1 is 1.12 bits per heavy atom. The number of carbonyl (C=O) groups excluding carboxylic acids is 1. The molecule has 1 aromatic carbocycles. The summed E-state index contributed by atoms with van der Waals surface area (Å²) >= 11 is 0. The maximum atomic E-state index is 12.1. The molecule has 1 N–H and O–H groups in total. The molecule has 1 aliphatic heterocycles. The molecule has 0 saturated heterocycles. The monoisotopic (exact) mass is 346 g/mol. The van der Waals surface area contributed by atoms with Crippen molar-refractivity contribution >= 4 is 5.91 Å². The Morgan fingerprint density at radius 2 is 1.62 bits per heavy atom. The number of methoxy groups -OCH3 is 2. The zero-order chi connectivity index (χ0) is 17.7. The topological polar surface area (TPSA) is 50.8 Å². The summed E-state index contributed by atoms with van der Waals surface area (Å²) in [4.78, 5) is 13.5. The highest BCUT2D eigenvalue weighted by molar-refractivity contribution is 5.78. The minimum Gasteiger partial charge on any atom is -0.493 e.